The summed E-state index contributed by atoms with van der Waals surface area (Å²) >= 11 is 0. The maximum atomic E-state index is 5.26. The Morgan fingerprint density at radius 2 is 0.962 bits per heavy atom. The van der Waals surface area contributed by atoms with Gasteiger partial charge in [0.15, 0.2) is 11.6 Å². The third-order valence-corrected chi connectivity index (χ3v) is 10.6. The normalized spacial score (nSPS) is 13.3. The van der Waals surface area contributed by atoms with Crippen LogP contribution < -0.4 is 0 Å². The highest BCUT2D eigenvalue weighted by atomic mass is 15.2. The van der Waals surface area contributed by atoms with Crippen LogP contribution in [0.2, 0.25) is 0 Å². The third kappa shape index (κ3) is 4.32. The predicted octanol–water partition coefficient (Wildman–Crippen LogP) is 11.9. The fourth-order valence-corrected chi connectivity index (χ4v) is 8.23. The van der Waals surface area contributed by atoms with Gasteiger partial charge in [0.2, 0.25) is 5.95 Å². The van der Waals surface area contributed by atoms with Gasteiger partial charge in [-0.05, 0) is 41.8 Å². The fraction of sp³-hybridized carbons (Fsp3) is 0.0426. The highest BCUT2D eigenvalue weighted by Gasteiger charge is 2.23. The lowest BCUT2D eigenvalue weighted by atomic mass is 10.0. The van der Waals surface area contributed by atoms with Gasteiger partial charge in [0.05, 0.1) is 22.1 Å². The lowest BCUT2D eigenvalue weighted by Crippen LogP contribution is -2.06. The average molecular weight is 666 g/mol. The number of benzene rings is 7. The second-order valence-electron chi connectivity index (χ2n) is 13.6. The van der Waals surface area contributed by atoms with Gasteiger partial charge in [0, 0.05) is 49.1 Å². The minimum absolute atomic E-state index is 0.595. The number of nitrogens with zero attached hydrogens (tertiary/aromatic N) is 5. The van der Waals surface area contributed by atoms with Crippen LogP contribution in [0.3, 0.4) is 0 Å². The topological polar surface area (TPSA) is 48.5 Å². The molecule has 0 saturated carbocycles. The van der Waals surface area contributed by atoms with E-state index in [-0.39, 0.29) is 0 Å². The molecular formula is C47H31N5. The van der Waals surface area contributed by atoms with E-state index in [0.29, 0.717) is 17.6 Å². The summed E-state index contributed by atoms with van der Waals surface area (Å²) in [6.07, 6.45) is 8.75. The number of hydrogen-bond donors (Lipinski definition) is 0. The second kappa shape index (κ2) is 11.3. The molecular weight excluding hydrogens is 635 g/mol. The van der Waals surface area contributed by atoms with Gasteiger partial charge in [-0.2, -0.15) is 9.97 Å². The van der Waals surface area contributed by atoms with Gasteiger partial charge in [0.1, 0.15) is 0 Å². The first-order valence-corrected chi connectivity index (χ1v) is 17.9. The number of allylic oxidation sites excluding steroid dienone is 4. The molecule has 0 spiro atoms. The van der Waals surface area contributed by atoms with Crippen LogP contribution in [0.1, 0.15) is 12.8 Å². The van der Waals surface area contributed by atoms with Crippen molar-refractivity contribution in [1.82, 2.24) is 24.1 Å². The van der Waals surface area contributed by atoms with Gasteiger partial charge in [-0.15, -0.1) is 0 Å². The average Bonchev–Trinajstić information content (AvgIpc) is 3.73. The van der Waals surface area contributed by atoms with Gasteiger partial charge in [-0.3, -0.25) is 4.57 Å². The van der Waals surface area contributed by atoms with Gasteiger partial charge >= 0.3 is 0 Å². The summed E-state index contributed by atoms with van der Waals surface area (Å²) in [5.41, 5.74) is 7.81. The lowest BCUT2D eigenvalue weighted by molar-refractivity contribution is 0.955. The van der Waals surface area contributed by atoms with E-state index in [2.05, 4.69) is 137 Å². The Bertz CT molecular complexity index is 3050. The van der Waals surface area contributed by atoms with E-state index in [0.717, 1.165) is 51.2 Å². The molecule has 7 aromatic carbocycles. The summed E-state index contributed by atoms with van der Waals surface area (Å²) in [4.78, 5) is 15.5. The molecule has 11 rings (SSSR count). The molecule has 3 heterocycles. The second-order valence-corrected chi connectivity index (χ2v) is 13.6. The minimum atomic E-state index is 0.595. The smallest absolute Gasteiger partial charge is 0.238 e. The number of hydrogen-bond acceptors (Lipinski definition) is 3. The quantitative estimate of drug-likeness (QED) is 0.188. The summed E-state index contributed by atoms with van der Waals surface area (Å²) in [7, 11) is 0. The van der Waals surface area contributed by atoms with Gasteiger partial charge in [0.25, 0.3) is 0 Å². The third-order valence-electron chi connectivity index (χ3n) is 10.6. The zero-order valence-corrected chi connectivity index (χ0v) is 28.2. The molecule has 1 aliphatic carbocycles. The molecule has 10 aromatic rings. The molecule has 0 fully saturated rings. The highest BCUT2D eigenvalue weighted by molar-refractivity contribution is 6.25. The standard InChI is InChI=1S/C47H31N5/c1-4-16-32(17-5-1)45-48-46(33-18-6-2-7-19-33)50-47(49-45)52-42-29-39-37-26-24-30-14-10-12-22-35(30)43(37)51(34-20-8-3-9-21-34)41(39)28-40(42)38-27-25-31-15-11-13-23-36(31)44(38)52/h1-8,10-20,22-29H,9,21H2. The first kappa shape index (κ1) is 28.9. The largest absolute Gasteiger partial charge is 0.312 e. The van der Waals surface area contributed by atoms with Crippen LogP contribution >= 0.6 is 0 Å². The molecule has 0 saturated heterocycles. The molecule has 0 bridgehead atoms. The van der Waals surface area contributed by atoms with Crippen molar-refractivity contribution in [2.45, 2.75) is 12.8 Å². The minimum Gasteiger partial charge on any atom is -0.312 e. The molecule has 0 radical (unpaired) electrons. The summed E-state index contributed by atoms with van der Waals surface area (Å²) in [6, 6.07) is 51.6. The SMILES string of the molecule is C1=CCCC(n2c3cc4c5ccc6ccccc6c5n(-c5nc(-c6ccccc6)nc(-c6ccccc6)n5)c4cc3c3ccc4ccccc4c32)=C1. The van der Waals surface area contributed by atoms with Gasteiger partial charge in [-0.1, -0.05) is 146 Å². The molecule has 0 unspecified atom stereocenters. The van der Waals surface area contributed by atoms with E-state index in [1.807, 2.05) is 36.4 Å². The van der Waals surface area contributed by atoms with E-state index in [9.17, 15) is 0 Å². The maximum absolute atomic E-state index is 5.26. The van der Waals surface area contributed by atoms with Crippen molar-refractivity contribution in [2.24, 2.45) is 0 Å². The predicted molar refractivity (Wildman–Crippen MR) is 216 cm³/mol. The van der Waals surface area contributed by atoms with Crippen molar-refractivity contribution >= 4 is 70.9 Å². The zero-order valence-electron chi connectivity index (χ0n) is 28.2. The summed E-state index contributed by atoms with van der Waals surface area (Å²) in [5, 5.41) is 9.59. The summed E-state index contributed by atoms with van der Waals surface area (Å²) in [6.45, 7) is 0. The maximum Gasteiger partial charge on any atom is 0.238 e. The first-order valence-electron chi connectivity index (χ1n) is 17.9. The van der Waals surface area contributed by atoms with Gasteiger partial charge in [-0.25, -0.2) is 4.98 Å². The molecule has 52 heavy (non-hydrogen) atoms. The number of fused-ring (bicyclic) bond motifs is 10. The van der Waals surface area contributed by atoms with E-state index in [4.69, 9.17) is 15.0 Å². The number of rotatable bonds is 4. The van der Waals surface area contributed by atoms with Crippen LogP contribution in [0, 0.1) is 0 Å². The summed E-state index contributed by atoms with van der Waals surface area (Å²) in [5.74, 6) is 1.87. The van der Waals surface area contributed by atoms with Crippen molar-refractivity contribution in [3.05, 3.63) is 164 Å². The van der Waals surface area contributed by atoms with E-state index < -0.39 is 0 Å². The van der Waals surface area contributed by atoms with Crippen molar-refractivity contribution in [1.29, 1.82) is 0 Å². The molecule has 0 N–H and O–H groups in total. The van der Waals surface area contributed by atoms with Crippen LogP contribution in [0.15, 0.2) is 164 Å². The highest BCUT2D eigenvalue weighted by Crippen LogP contribution is 2.43. The molecule has 244 valence electrons. The molecule has 3 aromatic heterocycles. The molecule has 1 aliphatic rings. The van der Waals surface area contributed by atoms with Crippen molar-refractivity contribution in [3.63, 3.8) is 0 Å². The van der Waals surface area contributed by atoms with Crippen molar-refractivity contribution < 1.29 is 0 Å². The van der Waals surface area contributed by atoms with Crippen LogP contribution in [0.4, 0.5) is 0 Å². The Morgan fingerprint density at radius 3 is 1.52 bits per heavy atom. The van der Waals surface area contributed by atoms with Crippen LogP contribution in [0.5, 0.6) is 0 Å². The van der Waals surface area contributed by atoms with Crippen LogP contribution in [-0.4, -0.2) is 24.1 Å². The van der Waals surface area contributed by atoms with E-state index >= 15 is 0 Å². The van der Waals surface area contributed by atoms with Crippen molar-refractivity contribution in [2.75, 3.05) is 0 Å². The first-order chi connectivity index (χ1) is 25.8. The Morgan fingerprint density at radius 1 is 0.442 bits per heavy atom. The Balaban J connectivity index is 1.32. The molecule has 5 nitrogen and oxygen atoms in total. The van der Waals surface area contributed by atoms with E-state index in [1.165, 1.54) is 43.7 Å². The fourth-order valence-electron chi connectivity index (χ4n) is 8.23. The number of aromatic nitrogens is 5. The molecule has 0 amide bonds. The van der Waals surface area contributed by atoms with Crippen LogP contribution in [0.25, 0.3) is 99.6 Å². The Kier molecular flexibility index (Phi) is 6.31. The van der Waals surface area contributed by atoms with E-state index in [1.54, 1.807) is 0 Å². The monoisotopic (exact) mass is 665 g/mol. The molecule has 0 aliphatic heterocycles. The van der Waals surface area contributed by atoms with Gasteiger partial charge < -0.3 is 4.57 Å². The lowest BCUT2D eigenvalue weighted by Gasteiger charge is -2.15. The molecule has 0 atom stereocenters. The zero-order chi connectivity index (χ0) is 34.2. The molecule has 5 heteroatoms. The Labute approximate surface area is 299 Å². The Hall–Kier alpha value is -6.85. The van der Waals surface area contributed by atoms with Crippen LogP contribution in [-0.2, 0) is 0 Å². The summed E-state index contributed by atoms with van der Waals surface area (Å²) < 4.78 is 4.80. The van der Waals surface area contributed by atoms with Crippen molar-refractivity contribution in [3.8, 4) is 28.7 Å².